The molecule has 3 rings (SSSR count). The van der Waals surface area contributed by atoms with E-state index in [1.54, 1.807) is 17.1 Å². The van der Waals surface area contributed by atoms with Crippen molar-refractivity contribution in [3.63, 3.8) is 0 Å². The van der Waals surface area contributed by atoms with Crippen molar-refractivity contribution in [2.45, 2.75) is 13.3 Å². The highest BCUT2D eigenvalue weighted by Crippen LogP contribution is 2.29. The summed E-state index contributed by atoms with van der Waals surface area (Å²) in [6, 6.07) is 5.78. The maximum atomic E-state index is 11.9. The van der Waals surface area contributed by atoms with E-state index in [1.807, 2.05) is 25.2 Å². The zero-order valence-corrected chi connectivity index (χ0v) is 14.7. The van der Waals surface area contributed by atoms with Crippen molar-refractivity contribution in [1.82, 2.24) is 15.1 Å². The van der Waals surface area contributed by atoms with Crippen LogP contribution in [-0.4, -0.2) is 35.4 Å². The van der Waals surface area contributed by atoms with Crippen LogP contribution in [0.25, 0.3) is 0 Å². The zero-order valence-electron chi connectivity index (χ0n) is 13.9. The number of aryl methyl sites for hydroxylation is 2. The third-order valence-corrected chi connectivity index (χ3v) is 4.55. The predicted octanol–water partition coefficient (Wildman–Crippen LogP) is 3.03. The molecule has 6 nitrogen and oxygen atoms in total. The van der Waals surface area contributed by atoms with Crippen LogP contribution in [0.1, 0.15) is 12.0 Å². The van der Waals surface area contributed by atoms with Crippen molar-refractivity contribution in [3.05, 3.63) is 41.2 Å². The van der Waals surface area contributed by atoms with Crippen molar-refractivity contribution in [3.8, 4) is 0 Å². The van der Waals surface area contributed by atoms with Crippen LogP contribution in [0.4, 0.5) is 16.2 Å². The summed E-state index contributed by atoms with van der Waals surface area (Å²) in [6.07, 6.45) is 4.44. The Balaban J connectivity index is 1.49. The van der Waals surface area contributed by atoms with Crippen LogP contribution >= 0.6 is 11.6 Å². The lowest BCUT2D eigenvalue weighted by atomic mass is 10.1. The summed E-state index contributed by atoms with van der Waals surface area (Å²) in [5.74, 6) is 0.433. The van der Waals surface area contributed by atoms with Crippen molar-refractivity contribution >= 4 is 29.0 Å². The molecule has 1 saturated heterocycles. The van der Waals surface area contributed by atoms with Crippen LogP contribution in [0.3, 0.4) is 0 Å². The highest BCUT2D eigenvalue weighted by Gasteiger charge is 2.24. The second kappa shape index (κ2) is 7.13. The Morgan fingerprint density at radius 3 is 3.04 bits per heavy atom. The maximum absolute atomic E-state index is 11.9. The van der Waals surface area contributed by atoms with E-state index in [1.165, 1.54) is 11.3 Å². The van der Waals surface area contributed by atoms with E-state index in [0.717, 1.165) is 24.5 Å². The highest BCUT2D eigenvalue weighted by atomic mass is 35.5. The number of carbonyl (C=O) groups is 1. The van der Waals surface area contributed by atoms with Gasteiger partial charge in [-0.1, -0.05) is 17.7 Å². The molecule has 1 aliphatic heterocycles. The molecule has 2 N–H and O–H groups in total. The SMILES string of the molecule is Cc1ccc(Cl)cc1N1CC[C@H](CNC(=O)Nc2cnn(C)c2)C1. The number of benzene rings is 1. The molecular formula is C17H22ClN5O. The molecule has 1 aliphatic rings. The number of hydrogen-bond acceptors (Lipinski definition) is 3. The van der Waals surface area contributed by atoms with Crippen molar-refractivity contribution in [2.24, 2.45) is 13.0 Å². The van der Waals surface area contributed by atoms with E-state index in [0.29, 0.717) is 18.2 Å². The predicted molar refractivity (Wildman–Crippen MR) is 96.7 cm³/mol. The molecule has 0 unspecified atom stereocenters. The first kappa shape index (κ1) is 16.6. The minimum absolute atomic E-state index is 0.194. The van der Waals surface area contributed by atoms with Gasteiger partial charge in [0.2, 0.25) is 0 Å². The van der Waals surface area contributed by atoms with Crippen molar-refractivity contribution in [2.75, 3.05) is 29.9 Å². The summed E-state index contributed by atoms with van der Waals surface area (Å²) >= 11 is 6.11. The van der Waals surface area contributed by atoms with Crippen LogP contribution in [0.5, 0.6) is 0 Å². The third-order valence-electron chi connectivity index (χ3n) is 4.31. The largest absolute Gasteiger partial charge is 0.371 e. The fraction of sp³-hybridized carbons (Fsp3) is 0.412. The number of carbonyl (C=O) groups excluding carboxylic acids is 1. The molecule has 7 heteroatoms. The van der Waals surface area contributed by atoms with Crippen LogP contribution in [0, 0.1) is 12.8 Å². The minimum atomic E-state index is -0.194. The molecule has 2 aromatic rings. The summed E-state index contributed by atoms with van der Waals surface area (Å²) in [4.78, 5) is 14.3. The minimum Gasteiger partial charge on any atom is -0.371 e. The third kappa shape index (κ3) is 4.00. The summed E-state index contributed by atoms with van der Waals surface area (Å²) in [5.41, 5.74) is 3.10. The molecule has 0 saturated carbocycles. The molecule has 1 atom stereocenters. The van der Waals surface area contributed by atoms with Crippen LogP contribution in [-0.2, 0) is 7.05 Å². The molecule has 2 heterocycles. The van der Waals surface area contributed by atoms with Gasteiger partial charge in [0, 0.05) is 43.6 Å². The first-order valence-electron chi connectivity index (χ1n) is 8.06. The summed E-state index contributed by atoms with van der Waals surface area (Å²) in [5, 5.41) is 10.5. The number of nitrogens with zero attached hydrogens (tertiary/aromatic N) is 3. The first-order valence-corrected chi connectivity index (χ1v) is 8.43. The van der Waals surface area contributed by atoms with Gasteiger partial charge in [-0.15, -0.1) is 0 Å². The Morgan fingerprint density at radius 1 is 1.46 bits per heavy atom. The van der Waals surface area contributed by atoms with E-state index in [4.69, 9.17) is 11.6 Å². The number of nitrogens with one attached hydrogen (secondary N) is 2. The second-order valence-electron chi connectivity index (χ2n) is 6.27. The lowest BCUT2D eigenvalue weighted by Gasteiger charge is -2.21. The molecule has 0 spiro atoms. The average Bonchev–Trinajstić information content (AvgIpc) is 3.17. The molecule has 2 amide bonds. The Morgan fingerprint density at radius 2 is 2.29 bits per heavy atom. The molecular weight excluding hydrogens is 326 g/mol. The van der Waals surface area contributed by atoms with Gasteiger partial charge in [0.1, 0.15) is 0 Å². The van der Waals surface area contributed by atoms with Gasteiger partial charge in [-0.2, -0.15) is 5.10 Å². The Labute approximate surface area is 146 Å². The summed E-state index contributed by atoms with van der Waals surface area (Å²) in [6.45, 7) is 4.66. The monoisotopic (exact) mass is 347 g/mol. The highest BCUT2D eigenvalue weighted by molar-refractivity contribution is 6.30. The zero-order chi connectivity index (χ0) is 17.1. The molecule has 0 bridgehead atoms. The number of anilines is 2. The van der Waals surface area contributed by atoms with Crippen LogP contribution in [0.2, 0.25) is 5.02 Å². The number of urea groups is 1. The lowest BCUT2D eigenvalue weighted by Crippen LogP contribution is -2.34. The fourth-order valence-electron chi connectivity index (χ4n) is 3.04. The molecule has 0 aliphatic carbocycles. The van der Waals surface area contributed by atoms with E-state index < -0.39 is 0 Å². The van der Waals surface area contributed by atoms with E-state index in [-0.39, 0.29) is 6.03 Å². The Bertz CT molecular complexity index is 730. The van der Waals surface area contributed by atoms with Crippen molar-refractivity contribution < 1.29 is 4.79 Å². The van der Waals surface area contributed by atoms with Gasteiger partial charge in [-0.05, 0) is 37.0 Å². The summed E-state index contributed by atoms with van der Waals surface area (Å²) < 4.78 is 1.65. The standard InChI is InChI=1S/C17H22ClN5O/c1-12-3-4-14(18)7-16(12)23-6-5-13(10-23)8-19-17(24)21-15-9-20-22(2)11-15/h3-4,7,9,11,13H,5-6,8,10H2,1-2H3,(H2,19,21,24)/t13-/m1/s1. The van der Waals surface area contributed by atoms with E-state index >= 15 is 0 Å². The quantitative estimate of drug-likeness (QED) is 0.893. The van der Waals surface area contributed by atoms with Gasteiger partial charge in [0.05, 0.1) is 11.9 Å². The number of amides is 2. The lowest BCUT2D eigenvalue weighted by molar-refractivity contribution is 0.250. The van der Waals surface area contributed by atoms with Crippen LogP contribution < -0.4 is 15.5 Å². The van der Waals surface area contributed by atoms with Gasteiger partial charge in [-0.3, -0.25) is 4.68 Å². The average molecular weight is 348 g/mol. The molecule has 1 aromatic carbocycles. The van der Waals surface area contributed by atoms with Gasteiger partial charge < -0.3 is 15.5 Å². The topological polar surface area (TPSA) is 62.2 Å². The summed E-state index contributed by atoms with van der Waals surface area (Å²) in [7, 11) is 1.81. The van der Waals surface area contributed by atoms with Crippen molar-refractivity contribution in [1.29, 1.82) is 0 Å². The first-order chi connectivity index (χ1) is 11.5. The van der Waals surface area contributed by atoms with Crippen LogP contribution in [0.15, 0.2) is 30.6 Å². The van der Waals surface area contributed by atoms with Gasteiger partial charge >= 0.3 is 6.03 Å². The van der Waals surface area contributed by atoms with Gasteiger partial charge in [0.25, 0.3) is 0 Å². The molecule has 128 valence electrons. The van der Waals surface area contributed by atoms with Gasteiger partial charge in [0.15, 0.2) is 0 Å². The normalized spacial score (nSPS) is 17.1. The van der Waals surface area contributed by atoms with E-state index in [2.05, 4.69) is 27.6 Å². The number of aromatic nitrogens is 2. The smallest absolute Gasteiger partial charge is 0.319 e. The Hall–Kier alpha value is -2.21. The molecule has 1 aromatic heterocycles. The molecule has 1 fully saturated rings. The maximum Gasteiger partial charge on any atom is 0.319 e. The molecule has 0 radical (unpaired) electrons. The fourth-order valence-corrected chi connectivity index (χ4v) is 3.21. The number of hydrogen-bond donors (Lipinski definition) is 2. The number of rotatable bonds is 4. The van der Waals surface area contributed by atoms with Gasteiger partial charge in [-0.25, -0.2) is 4.79 Å². The Kier molecular flexibility index (Phi) is 4.94. The second-order valence-corrected chi connectivity index (χ2v) is 6.71. The van der Waals surface area contributed by atoms with E-state index in [9.17, 15) is 4.79 Å². The number of halogens is 1. The molecule has 24 heavy (non-hydrogen) atoms.